The molecule has 0 fully saturated rings. The van der Waals surface area contributed by atoms with Crippen LogP contribution in [0.2, 0.25) is 0 Å². The van der Waals surface area contributed by atoms with Crippen LogP contribution in [0.3, 0.4) is 0 Å². The Bertz CT molecular complexity index is 585. The fourth-order valence-electron chi connectivity index (χ4n) is 1.87. The molecule has 1 atom stereocenters. The number of halogens is 3. The number of benzene rings is 1. The van der Waals surface area contributed by atoms with E-state index in [0.717, 1.165) is 6.07 Å². The van der Waals surface area contributed by atoms with Gasteiger partial charge in [-0.3, -0.25) is 14.9 Å². The first-order valence-electron chi connectivity index (χ1n) is 6.38. The van der Waals surface area contributed by atoms with Gasteiger partial charge < -0.3 is 10.4 Å². The van der Waals surface area contributed by atoms with Crippen molar-refractivity contribution >= 4 is 17.3 Å². The van der Waals surface area contributed by atoms with E-state index >= 15 is 0 Å². The van der Waals surface area contributed by atoms with E-state index in [4.69, 9.17) is 0 Å². The Kier molecular flexibility index (Phi) is 5.13. The first-order chi connectivity index (χ1) is 9.99. The molecule has 0 spiro atoms. The molecular formula is C13H15F3N2O4. The third kappa shape index (κ3) is 4.17. The number of anilines is 1. The first kappa shape index (κ1) is 17.9. The Balaban J connectivity index is 3.13. The van der Waals surface area contributed by atoms with Gasteiger partial charge in [0, 0.05) is 11.8 Å². The quantitative estimate of drug-likeness (QED) is 0.644. The number of aliphatic hydroxyl groups is 1. The number of rotatable bonds is 5. The lowest BCUT2D eigenvalue weighted by Crippen LogP contribution is -2.39. The van der Waals surface area contributed by atoms with Gasteiger partial charge in [0.05, 0.1) is 4.92 Å². The van der Waals surface area contributed by atoms with Crippen molar-refractivity contribution < 1.29 is 28.0 Å². The second-order valence-corrected chi connectivity index (χ2v) is 4.96. The molecule has 1 rings (SSSR count). The van der Waals surface area contributed by atoms with Crippen molar-refractivity contribution in [3.63, 3.8) is 0 Å². The van der Waals surface area contributed by atoms with Gasteiger partial charge in [0.2, 0.25) is 0 Å². The van der Waals surface area contributed by atoms with Crippen LogP contribution in [0, 0.1) is 10.1 Å². The Morgan fingerprint density at radius 3 is 2.45 bits per heavy atom. The number of hydrogen-bond donors (Lipinski definition) is 2. The molecule has 1 amide bonds. The normalized spacial score (nSPS) is 14.3. The van der Waals surface area contributed by atoms with Gasteiger partial charge in [-0.25, -0.2) is 0 Å². The van der Waals surface area contributed by atoms with Crippen LogP contribution in [-0.4, -0.2) is 21.5 Å². The van der Waals surface area contributed by atoms with Gasteiger partial charge in [0.1, 0.15) is 11.2 Å². The van der Waals surface area contributed by atoms with Crippen molar-refractivity contribution in [1.29, 1.82) is 0 Å². The van der Waals surface area contributed by atoms with E-state index in [2.05, 4.69) is 5.32 Å². The summed E-state index contributed by atoms with van der Waals surface area (Å²) in [5, 5.41) is 22.6. The summed E-state index contributed by atoms with van der Waals surface area (Å²) in [5.74, 6) is -0.878. The predicted molar refractivity (Wildman–Crippen MR) is 72.3 cm³/mol. The maximum absolute atomic E-state index is 12.8. The zero-order valence-electron chi connectivity index (χ0n) is 11.9. The van der Waals surface area contributed by atoms with Crippen LogP contribution in [0.5, 0.6) is 0 Å². The highest BCUT2D eigenvalue weighted by atomic mass is 19.4. The molecule has 0 aliphatic carbocycles. The molecule has 0 saturated carbocycles. The minimum Gasteiger partial charge on any atom is -0.380 e. The second-order valence-electron chi connectivity index (χ2n) is 4.96. The van der Waals surface area contributed by atoms with E-state index in [1.807, 2.05) is 0 Å². The third-order valence-corrected chi connectivity index (χ3v) is 2.98. The molecule has 0 radical (unpaired) electrons. The second kappa shape index (κ2) is 6.30. The molecule has 0 bridgehead atoms. The van der Waals surface area contributed by atoms with Gasteiger partial charge in [-0.15, -0.1) is 0 Å². The predicted octanol–water partition coefficient (Wildman–Crippen LogP) is 3.10. The average molecular weight is 320 g/mol. The van der Waals surface area contributed by atoms with E-state index in [1.54, 1.807) is 6.92 Å². The van der Waals surface area contributed by atoms with Crippen molar-refractivity contribution in [3.8, 4) is 0 Å². The number of hydrogen-bond acceptors (Lipinski definition) is 4. The van der Waals surface area contributed by atoms with E-state index in [-0.39, 0.29) is 12.1 Å². The van der Waals surface area contributed by atoms with Crippen molar-refractivity contribution in [3.05, 3.63) is 33.9 Å². The molecule has 122 valence electrons. The van der Waals surface area contributed by atoms with Gasteiger partial charge in [0.25, 0.3) is 11.6 Å². The van der Waals surface area contributed by atoms with Crippen LogP contribution in [0.25, 0.3) is 0 Å². The number of nitro groups is 1. The molecule has 9 heteroatoms. The lowest BCUT2D eigenvalue weighted by Gasteiger charge is -2.21. The minimum atomic E-state index is -4.94. The zero-order chi connectivity index (χ0) is 17.1. The van der Waals surface area contributed by atoms with Crippen LogP contribution < -0.4 is 5.32 Å². The number of nitro benzene ring substituents is 1. The van der Waals surface area contributed by atoms with Crippen molar-refractivity contribution in [2.75, 3.05) is 5.32 Å². The Labute approximate surface area is 124 Å². The third-order valence-electron chi connectivity index (χ3n) is 2.98. The Morgan fingerprint density at radius 1 is 1.41 bits per heavy atom. The molecule has 0 aliphatic rings. The summed E-state index contributed by atoms with van der Waals surface area (Å²) in [6.07, 6.45) is -4.32. The average Bonchev–Trinajstić information content (AvgIpc) is 2.37. The van der Waals surface area contributed by atoms with E-state index in [9.17, 15) is 33.2 Å². The number of nitrogens with one attached hydrogen (secondary N) is 1. The molecule has 0 aliphatic heterocycles. The van der Waals surface area contributed by atoms with Gasteiger partial charge in [-0.1, -0.05) is 13.3 Å². The fourth-order valence-corrected chi connectivity index (χ4v) is 1.87. The molecule has 1 aromatic carbocycles. The van der Waals surface area contributed by atoms with Crippen molar-refractivity contribution in [2.24, 2.45) is 0 Å². The standard InChI is InChI=1S/C13H15F3N2O4/c1-3-6-12(2,20)11(19)17-8-4-5-10(18(21)22)9(7-8)13(14,15)16/h4-5,7,20H,3,6H2,1-2H3,(H,17,19)/t12-/m1/s1. The van der Waals surface area contributed by atoms with Crippen molar-refractivity contribution in [1.82, 2.24) is 0 Å². The van der Waals surface area contributed by atoms with Gasteiger partial charge in [0.15, 0.2) is 0 Å². The maximum atomic E-state index is 12.8. The highest BCUT2D eigenvalue weighted by Crippen LogP contribution is 2.37. The zero-order valence-corrected chi connectivity index (χ0v) is 11.9. The van der Waals surface area contributed by atoms with Gasteiger partial charge in [-0.05, 0) is 25.5 Å². The smallest absolute Gasteiger partial charge is 0.380 e. The van der Waals surface area contributed by atoms with E-state index < -0.39 is 33.9 Å². The Morgan fingerprint density at radius 2 is 2.00 bits per heavy atom. The van der Waals surface area contributed by atoms with Crippen LogP contribution in [0.15, 0.2) is 18.2 Å². The van der Waals surface area contributed by atoms with E-state index in [1.165, 1.54) is 6.92 Å². The molecular weight excluding hydrogens is 305 g/mol. The highest BCUT2D eigenvalue weighted by Gasteiger charge is 2.39. The molecule has 0 unspecified atom stereocenters. The lowest BCUT2D eigenvalue weighted by atomic mass is 9.99. The summed E-state index contributed by atoms with van der Waals surface area (Å²) in [4.78, 5) is 21.3. The number of carbonyl (C=O) groups excluding carboxylic acids is 1. The molecule has 1 aromatic rings. The van der Waals surface area contributed by atoms with Gasteiger partial charge in [-0.2, -0.15) is 13.2 Å². The van der Waals surface area contributed by atoms with Gasteiger partial charge >= 0.3 is 6.18 Å². The Hall–Kier alpha value is -2.16. The summed E-state index contributed by atoms with van der Waals surface area (Å²) in [6.45, 7) is 2.97. The first-order valence-corrected chi connectivity index (χ1v) is 6.38. The van der Waals surface area contributed by atoms with Crippen LogP contribution in [-0.2, 0) is 11.0 Å². The van der Waals surface area contributed by atoms with E-state index in [0.29, 0.717) is 18.6 Å². The number of carbonyl (C=O) groups is 1. The van der Waals surface area contributed by atoms with Crippen LogP contribution in [0.1, 0.15) is 32.3 Å². The fraction of sp³-hybridized carbons (Fsp3) is 0.462. The number of amides is 1. The molecule has 2 N–H and O–H groups in total. The molecule has 0 saturated heterocycles. The molecule has 0 heterocycles. The SMILES string of the molecule is CCC[C@@](C)(O)C(=O)Nc1ccc([N+](=O)[O-])c(C(F)(F)F)c1. The number of nitrogens with zero attached hydrogens (tertiary/aromatic N) is 1. The molecule has 22 heavy (non-hydrogen) atoms. The van der Waals surface area contributed by atoms with Crippen LogP contribution >= 0.6 is 0 Å². The highest BCUT2D eigenvalue weighted by molar-refractivity contribution is 5.97. The maximum Gasteiger partial charge on any atom is 0.423 e. The number of alkyl halides is 3. The summed E-state index contributed by atoms with van der Waals surface area (Å²) >= 11 is 0. The minimum absolute atomic E-state index is 0.123. The summed E-state index contributed by atoms with van der Waals surface area (Å²) in [5.41, 5.74) is -4.59. The molecule has 6 nitrogen and oxygen atoms in total. The van der Waals surface area contributed by atoms with Crippen molar-refractivity contribution in [2.45, 2.75) is 38.5 Å². The summed E-state index contributed by atoms with van der Waals surface area (Å²) in [7, 11) is 0. The van der Waals surface area contributed by atoms with Crippen LogP contribution in [0.4, 0.5) is 24.5 Å². The largest absolute Gasteiger partial charge is 0.423 e. The monoisotopic (exact) mass is 320 g/mol. The summed E-state index contributed by atoms with van der Waals surface area (Å²) < 4.78 is 38.4. The topological polar surface area (TPSA) is 92.5 Å². The molecule has 0 aromatic heterocycles. The lowest BCUT2D eigenvalue weighted by molar-refractivity contribution is -0.388. The summed E-state index contributed by atoms with van der Waals surface area (Å²) in [6, 6.07) is 2.11.